The quantitative estimate of drug-likeness (QED) is 0.157. The summed E-state index contributed by atoms with van der Waals surface area (Å²) >= 11 is 0. The molecule has 0 atom stereocenters. The SMILES string of the molecule is COc1c(C)cc([S+](c2ccccc2)c2ccccc2)cc1C.O=S(=O)([O-])C(F)(F)C(F)(F)C(F)(F)C(F)(F)F. The monoisotopic (exact) mass is 620 g/mol. The highest BCUT2D eigenvalue weighted by molar-refractivity contribution is 7.97. The van der Waals surface area contributed by atoms with Crippen molar-refractivity contribution in [2.75, 3.05) is 7.11 Å². The first-order chi connectivity index (χ1) is 18.2. The average molecular weight is 621 g/mol. The van der Waals surface area contributed by atoms with Crippen LogP contribution in [0.2, 0.25) is 0 Å². The minimum atomic E-state index is -7.43. The molecule has 0 radical (unpaired) electrons. The standard InChI is InChI=1S/C21H21OS.C4HF9O3S/c1-16-14-20(15-17(2)21(16)22-3)23(18-10-6-4-7-11-18)19-12-8-5-9-13-19;5-1(6,3(9,10)11)2(7,8)4(12,13)17(14,15)16/h4-15H,1-3H3;(H,14,15,16)/q+1;/p-1. The first-order valence-electron chi connectivity index (χ1n) is 10.9. The second kappa shape index (κ2) is 11.9. The zero-order valence-electron chi connectivity index (χ0n) is 20.8. The van der Waals surface area contributed by atoms with E-state index in [1.54, 1.807) is 7.11 Å². The van der Waals surface area contributed by atoms with Crippen molar-refractivity contribution < 1.29 is 57.2 Å². The van der Waals surface area contributed by atoms with Crippen LogP contribution in [0.3, 0.4) is 0 Å². The van der Waals surface area contributed by atoms with E-state index >= 15 is 0 Å². The average Bonchev–Trinajstić information content (AvgIpc) is 2.84. The zero-order chi connectivity index (χ0) is 30.7. The van der Waals surface area contributed by atoms with Gasteiger partial charge in [0.15, 0.2) is 24.8 Å². The molecular weight excluding hydrogens is 599 g/mol. The Balaban J connectivity index is 0.000000296. The summed E-state index contributed by atoms with van der Waals surface area (Å²) in [5.41, 5.74) is 2.37. The number of hydrogen-bond acceptors (Lipinski definition) is 4. The number of aryl methyl sites for hydroxylation is 2. The highest BCUT2D eigenvalue weighted by Gasteiger charge is 2.83. The normalized spacial score (nSPS) is 13.1. The molecule has 3 rings (SSSR count). The molecular formula is C25H21F9O4S2. The topological polar surface area (TPSA) is 66.4 Å². The Morgan fingerprint density at radius 1 is 0.675 bits per heavy atom. The van der Waals surface area contributed by atoms with E-state index in [1.165, 1.54) is 25.8 Å². The molecule has 3 aromatic carbocycles. The zero-order valence-corrected chi connectivity index (χ0v) is 22.4. The summed E-state index contributed by atoms with van der Waals surface area (Å²) in [7, 11) is -5.78. The summed E-state index contributed by atoms with van der Waals surface area (Å²) in [6.45, 7) is 4.24. The van der Waals surface area contributed by atoms with Gasteiger partial charge in [0.25, 0.3) is 0 Å². The summed E-state index contributed by atoms with van der Waals surface area (Å²) in [5.74, 6) is -13.8. The summed E-state index contributed by atoms with van der Waals surface area (Å²) in [4.78, 5) is 4.00. The first-order valence-corrected chi connectivity index (χ1v) is 13.5. The van der Waals surface area contributed by atoms with Gasteiger partial charge in [-0.1, -0.05) is 36.4 Å². The maximum atomic E-state index is 12.2. The van der Waals surface area contributed by atoms with Crippen molar-refractivity contribution in [3.8, 4) is 5.75 Å². The maximum Gasteiger partial charge on any atom is 0.460 e. The summed E-state index contributed by atoms with van der Waals surface area (Å²) < 4.78 is 141. The largest absolute Gasteiger partial charge is 0.743 e. The Morgan fingerprint density at radius 2 is 1.05 bits per heavy atom. The molecule has 0 amide bonds. The summed E-state index contributed by atoms with van der Waals surface area (Å²) in [5, 5.41) is -7.11. The van der Waals surface area contributed by atoms with E-state index in [0.29, 0.717) is 0 Å². The first kappa shape index (κ1) is 33.3. The lowest BCUT2D eigenvalue weighted by Crippen LogP contribution is -2.63. The highest BCUT2D eigenvalue weighted by Crippen LogP contribution is 2.54. The number of alkyl halides is 9. The van der Waals surface area contributed by atoms with Gasteiger partial charge in [-0.3, -0.25) is 0 Å². The third-order valence-electron chi connectivity index (χ3n) is 5.26. The van der Waals surface area contributed by atoms with Gasteiger partial charge in [-0.25, -0.2) is 8.42 Å². The number of rotatable bonds is 7. The Morgan fingerprint density at radius 3 is 1.35 bits per heavy atom. The van der Waals surface area contributed by atoms with Crippen molar-refractivity contribution in [2.45, 2.75) is 51.8 Å². The van der Waals surface area contributed by atoms with Crippen LogP contribution in [0.1, 0.15) is 11.1 Å². The van der Waals surface area contributed by atoms with Crippen molar-refractivity contribution >= 4 is 21.0 Å². The van der Waals surface area contributed by atoms with E-state index in [0.717, 1.165) is 5.75 Å². The molecule has 0 aliphatic rings. The fourth-order valence-corrected chi connectivity index (χ4v) is 6.10. The van der Waals surface area contributed by atoms with E-state index in [1.807, 2.05) is 0 Å². The molecule has 0 bridgehead atoms. The van der Waals surface area contributed by atoms with Crippen LogP contribution in [0.25, 0.3) is 0 Å². The minimum absolute atomic E-state index is 0.101. The van der Waals surface area contributed by atoms with Crippen molar-refractivity contribution in [2.24, 2.45) is 0 Å². The molecule has 0 saturated heterocycles. The van der Waals surface area contributed by atoms with Gasteiger partial charge in [-0.2, -0.15) is 39.5 Å². The van der Waals surface area contributed by atoms with Gasteiger partial charge in [-0.15, -0.1) is 0 Å². The van der Waals surface area contributed by atoms with Gasteiger partial charge >= 0.3 is 23.3 Å². The number of ether oxygens (including phenoxy) is 1. The van der Waals surface area contributed by atoms with Crippen molar-refractivity contribution in [3.05, 3.63) is 83.9 Å². The van der Waals surface area contributed by atoms with Gasteiger partial charge in [0.1, 0.15) is 5.75 Å². The fourth-order valence-electron chi connectivity index (χ4n) is 3.39. The predicted molar refractivity (Wildman–Crippen MR) is 128 cm³/mol. The molecule has 0 spiro atoms. The highest BCUT2D eigenvalue weighted by atomic mass is 32.2. The molecule has 220 valence electrons. The smallest absolute Gasteiger partial charge is 0.460 e. The molecule has 4 nitrogen and oxygen atoms in total. The van der Waals surface area contributed by atoms with Gasteiger partial charge in [0.2, 0.25) is 0 Å². The molecule has 0 aliphatic carbocycles. The van der Waals surface area contributed by atoms with Crippen LogP contribution in [0.4, 0.5) is 39.5 Å². The number of methoxy groups -OCH3 is 1. The second-order valence-corrected chi connectivity index (χ2v) is 11.6. The van der Waals surface area contributed by atoms with E-state index in [9.17, 15) is 52.5 Å². The maximum absolute atomic E-state index is 12.2. The summed E-state index contributed by atoms with van der Waals surface area (Å²) in [6.07, 6.45) is -7.16. The Labute approximate surface area is 226 Å². The molecule has 3 aromatic rings. The van der Waals surface area contributed by atoms with Crippen molar-refractivity contribution in [3.63, 3.8) is 0 Å². The van der Waals surface area contributed by atoms with Crippen molar-refractivity contribution in [1.29, 1.82) is 0 Å². The Kier molecular flexibility index (Phi) is 9.91. The van der Waals surface area contributed by atoms with E-state index in [4.69, 9.17) is 4.74 Å². The van der Waals surface area contributed by atoms with Crippen LogP contribution in [0.5, 0.6) is 5.75 Å². The van der Waals surface area contributed by atoms with Crippen LogP contribution in [0, 0.1) is 13.8 Å². The third-order valence-corrected chi connectivity index (χ3v) is 8.34. The Hall–Kier alpha value is -2.91. The van der Waals surface area contributed by atoms with E-state index in [2.05, 4.69) is 86.6 Å². The molecule has 0 N–H and O–H groups in total. The molecule has 0 fully saturated rings. The fraction of sp³-hybridized carbons (Fsp3) is 0.280. The van der Waals surface area contributed by atoms with Crippen LogP contribution in [-0.4, -0.2) is 43.4 Å². The van der Waals surface area contributed by atoms with Crippen LogP contribution in [0.15, 0.2) is 87.5 Å². The summed E-state index contributed by atoms with van der Waals surface area (Å²) in [6, 6.07) is 26.0. The Bertz CT molecular complexity index is 1330. The number of benzene rings is 3. The lowest BCUT2D eigenvalue weighted by molar-refractivity contribution is -0.382. The molecule has 0 unspecified atom stereocenters. The van der Waals surface area contributed by atoms with E-state index < -0.39 is 33.4 Å². The lowest BCUT2D eigenvalue weighted by atomic mass is 10.1. The van der Waals surface area contributed by atoms with Crippen LogP contribution >= 0.6 is 0 Å². The molecule has 0 aliphatic heterocycles. The molecule has 40 heavy (non-hydrogen) atoms. The number of halogens is 9. The number of hydrogen-bond donors (Lipinski definition) is 0. The third kappa shape index (κ3) is 6.52. The van der Waals surface area contributed by atoms with Gasteiger partial charge in [0, 0.05) is 12.1 Å². The van der Waals surface area contributed by atoms with E-state index in [-0.39, 0.29) is 10.9 Å². The molecule has 15 heteroatoms. The second-order valence-electron chi connectivity index (χ2n) is 8.14. The molecule has 0 aromatic heterocycles. The van der Waals surface area contributed by atoms with Gasteiger partial charge in [-0.05, 0) is 49.2 Å². The van der Waals surface area contributed by atoms with Crippen LogP contribution in [-0.2, 0) is 21.0 Å². The minimum Gasteiger partial charge on any atom is -0.743 e. The molecule has 0 heterocycles. The van der Waals surface area contributed by atoms with Crippen molar-refractivity contribution in [1.82, 2.24) is 0 Å². The lowest BCUT2D eigenvalue weighted by Gasteiger charge is -2.34. The molecule has 0 saturated carbocycles. The van der Waals surface area contributed by atoms with Crippen LogP contribution < -0.4 is 4.74 Å². The van der Waals surface area contributed by atoms with Gasteiger partial charge < -0.3 is 9.29 Å². The predicted octanol–water partition coefficient (Wildman–Crippen LogP) is 7.36. The van der Waals surface area contributed by atoms with Gasteiger partial charge in [0.05, 0.1) is 18.0 Å².